The van der Waals surface area contributed by atoms with Crippen molar-refractivity contribution >= 4 is 0 Å². The minimum absolute atomic E-state index is 0.975. The summed E-state index contributed by atoms with van der Waals surface area (Å²) in [6.07, 6.45) is 12.0. The van der Waals surface area contributed by atoms with Gasteiger partial charge >= 0.3 is 0 Å². The maximum Gasteiger partial charge on any atom is 0.0466 e. The Balaban J connectivity index is 2.78. The smallest absolute Gasteiger partial charge is 0.0466 e. The first-order valence-corrected chi connectivity index (χ1v) is 6.49. The lowest BCUT2D eigenvalue weighted by Crippen LogP contribution is -1.96. The Hall–Kier alpha value is -0.0400. The van der Waals surface area contributed by atoms with Gasteiger partial charge in [0.05, 0.1) is 0 Å². The molecule has 0 heterocycles. The van der Waals surface area contributed by atoms with Crippen molar-refractivity contribution in [3.63, 3.8) is 0 Å². The van der Waals surface area contributed by atoms with Gasteiger partial charge in [-0.1, -0.05) is 58.8 Å². The minimum Gasteiger partial charge on any atom is -0.381 e. The second-order valence-corrected chi connectivity index (χ2v) is 4.09. The van der Waals surface area contributed by atoms with Gasteiger partial charge in [0.2, 0.25) is 0 Å². The number of hydrogen-bond acceptors (Lipinski definition) is 1. The molecule has 0 rings (SSSR count). The second kappa shape index (κ2) is 13.0. The van der Waals surface area contributed by atoms with Crippen LogP contribution in [0.5, 0.6) is 0 Å². The minimum atomic E-state index is 0.975. The van der Waals surface area contributed by atoms with Gasteiger partial charge in [-0.15, -0.1) is 0 Å². The SMILES string of the molecule is CCCCCCCCOCCCCC. The monoisotopic (exact) mass is 200 g/mol. The average molecular weight is 200 g/mol. The van der Waals surface area contributed by atoms with E-state index in [1.54, 1.807) is 0 Å². The fourth-order valence-electron chi connectivity index (χ4n) is 1.54. The molecule has 0 atom stereocenters. The molecule has 0 N–H and O–H groups in total. The Morgan fingerprint density at radius 3 is 1.64 bits per heavy atom. The van der Waals surface area contributed by atoms with Gasteiger partial charge in [-0.05, 0) is 12.8 Å². The Bertz CT molecular complexity index is 79.2. The molecule has 0 aliphatic heterocycles. The van der Waals surface area contributed by atoms with E-state index in [2.05, 4.69) is 13.8 Å². The first kappa shape index (κ1) is 14.0. The number of rotatable bonds is 11. The van der Waals surface area contributed by atoms with Crippen molar-refractivity contribution < 1.29 is 4.74 Å². The van der Waals surface area contributed by atoms with Crippen molar-refractivity contribution in [1.29, 1.82) is 0 Å². The molecular weight excluding hydrogens is 172 g/mol. The molecule has 0 aromatic carbocycles. The molecule has 0 saturated heterocycles. The van der Waals surface area contributed by atoms with Crippen LogP contribution in [-0.2, 0) is 4.74 Å². The van der Waals surface area contributed by atoms with Crippen LogP contribution in [0.2, 0.25) is 0 Å². The van der Waals surface area contributed by atoms with Gasteiger partial charge in [0.15, 0.2) is 0 Å². The highest BCUT2D eigenvalue weighted by Gasteiger charge is 1.91. The lowest BCUT2D eigenvalue weighted by atomic mass is 10.1. The van der Waals surface area contributed by atoms with Crippen LogP contribution in [0.1, 0.15) is 71.6 Å². The predicted molar refractivity (Wildman–Crippen MR) is 63.7 cm³/mol. The number of ether oxygens (including phenoxy) is 1. The van der Waals surface area contributed by atoms with Crippen LogP contribution < -0.4 is 0 Å². The Morgan fingerprint density at radius 1 is 0.571 bits per heavy atom. The molecule has 0 aromatic heterocycles. The molecule has 0 unspecified atom stereocenters. The number of unbranched alkanes of at least 4 members (excludes halogenated alkanes) is 7. The maximum absolute atomic E-state index is 5.54. The van der Waals surface area contributed by atoms with E-state index in [4.69, 9.17) is 4.74 Å². The van der Waals surface area contributed by atoms with Crippen LogP contribution in [0.25, 0.3) is 0 Å². The zero-order chi connectivity index (χ0) is 10.5. The Morgan fingerprint density at radius 2 is 1.00 bits per heavy atom. The molecule has 0 saturated carbocycles. The lowest BCUT2D eigenvalue weighted by molar-refractivity contribution is 0.126. The summed E-state index contributed by atoms with van der Waals surface area (Å²) in [5.41, 5.74) is 0. The standard InChI is InChI=1S/C13H28O/c1-3-5-7-8-9-11-13-14-12-10-6-4-2/h3-13H2,1-2H3. The average Bonchev–Trinajstić information content (AvgIpc) is 2.21. The second-order valence-electron chi connectivity index (χ2n) is 4.09. The molecule has 0 radical (unpaired) electrons. The molecule has 0 bridgehead atoms. The summed E-state index contributed by atoms with van der Waals surface area (Å²) in [4.78, 5) is 0. The summed E-state index contributed by atoms with van der Waals surface area (Å²) >= 11 is 0. The molecule has 0 spiro atoms. The molecule has 14 heavy (non-hydrogen) atoms. The third-order valence-corrected chi connectivity index (χ3v) is 2.53. The van der Waals surface area contributed by atoms with E-state index >= 15 is 0 Å². The highest BCUT2D eigenvalue weighted by atomic mass is 16.5. The van der Waals surface area contributed by atoms with Gasteiger partial charge in [-0.3, -0.25) is 0 Å². The normalized spacial score (nSPS) is 10.7. The molecule has 0 aromatic rings. The Labute approximate surface area is 90.2 Å². The van der Waals surface area contributed by atoms with Crippen molar-refractivity contribution in [2.24, 2.45) is 0 Å². The van der Waals surface area contributed by atoms with Crippen molar-refractivity contribution in [3.05, 3.63) is 0 Å². The van der Waals surface area contributed by atoms with Crippen molar-refractivity contribution in [2.75, 3.05) is 13.2 Å². The predicted octanol–water partition coefficient (Wildman–Crippen LogP) is 4.55. The van der Waals surface area contributed by atoms with Crippen molar-refractivity contribution in [2.45, 2.75) is 71.6 Å². The molecule has 1 nitrogen and oxygen atoms in total. The van der Waals surface area contributed by atoms with Gasteiger partial charge in [-0.25, -0.2) is 0 Å². The third-order valence-electron chi connectivity index (χ3n) is 2.53. The van der Waals surface area contributed by atoms with Crippen LogP contribution in [-0.4, -0.2) is 13.2 Å². The molecule has 86 valence electrons. The van der Waals surface area contributed by atoms with E-state index in [1.165, 1.54) is 57.8 Å². The van der Waals surface area contributed by atoms with Crippen LogP contribution >= 0.6 is 0 Å². The summed E-state index contributed by atoms with van der Waals surface area (Å²) in [7, 11) is 0. The highest BCUT2D eigenvalue weighted by molar-refractivity contribution is 4.43. The topological polar surface area (TPSA) is 9.23 Å². The van der Waals surface area contributed by atoms with Gasteiger partial charge < -0.3 is 4.74 Å². The van der Waals surface area contributed by atoms with E-state index in [-0.39, 0.29) is 0 Å². The molecule has 0 aliphatic carbocycles. The molecular formula is C13H28O. The largest absolute Gasteiger partial charge is 0.381 e. The molecule has 1 heteroatoms. The van der Waals surface area contributed by atoms with E-state index < -0.39 is 0 Å². The molecule has 0 aliphatic rings. The van der Waals surface area contributed by atoms with E-state index in [9.17, 15) is 0 Å². The summed E-state index contributed by atoms with van der Waals surface area (Å²) < 4.78 is 5.54. The first-order valence-electron chi connectivity index (χ1n) is 6.49. The summed E-state index contributed by atoms with van der Waals surface area (Å²) in [6, 6.07) is 0. The number of hydrogen-bond donors (Lipinski definition) is 0. The summed E-state index contributed by atoms with van der Waals surface area (Å²) in [5, 5.41) is 0. The van der Waals surface area contributed by atoms with Crippen LogP contribution in [0.15, 0.2) is 0 Å². The maximum atomic E-state index is 5.54. The van der Waals surface area contributed by atoms with Crippen LogP contribution in [0, 0.1) is 0 Å². The van der Waals surface area contributed by atoms with Crippen LogP contribution in [0.4, 0.5) is 0 Å². The fourth-order valence-corrected chi connectivity index (χ4v) is 1.54. The quantitative estimate of drug-likeness (QED) is 0.444. The Kier molecular flexibility index (Phi) is 12.9. The van der Waals surface area contributed by atoms with Crippen molar-refractivity contribution in [1.82, 2.24) is 0 Å². The zero-order valence-electron chi connectivity index (χ0n) is 10.2. The molecule has 0 amide bonds. The highest BCUT2D eigenvalue weighted by Crippen LogP contribution is 2.05. The van der Waals surface area contributed by atoms with Gasteiger partial charge in [0, 0.05) is 13.2 Å². The lowest BCUT2D eigenvalue weighted by Gasteiger charge is -2.03. The van der Waals surface area contributed by atoms with Crippen molar-refractivity contribution in [3.8, 4) is 0 Å². The van der Waals surface area contributed by atoms with E-state index in [0.29, 0.717) is 0 Å². The summed E-state index contributed by atoms with van der Waals surface area (Å²) in [5.74, 6) is 0. The molecule has 0 fully saturated rings. The third kappa shape index (κ3) is 12.0. The van der Waals surface area contributed by atoms with Gasteiger partial charge in [0.25, 0.3) is 0 Å². The zero-order valence-corrected chi connectivity index (χ0v) is 10.2. The van der Waals surface area contributed by atoms with Gasteiger partial charge in [0.1, 0.15) is 0 Å². The van der Waals surface area contributed by atoms with Crippen LogP contribution in [0.3, 0.4) is 0 Å². The van der Waals surface area contributed by atoms with E-state index in [0.717, 1.165) is 13.2 Å². The first-order chi connectivity index (χ1) is 6.91. The van der Waals surface area contributed by atoms with E-state index in [1.807, 2.05) is 0 Å². The van der Waals surface area contributed by atoms with Gasteiger partial charge in [-0.2, -0.15) is 0 Å². The fraction of sp³-hybridized carbons (Fsp3) is 1.00. The summed E-state index contributed by atoms with van der Waals surface area (Å²) in [6.45, 7) is 6.45.